The molecule has 0 aromatic heterocycles. The van der Waals surface area contributed by atoms with Crippen molar-refractivity contribution in [2.24, 2.45) is 5.41 Å². The number of rotatable bonds is 3. The van der Waals surface area contributed by atoms with Gasteiger partial charge in [0.2, 0.25) is 0 Å². The molecule has 0 spiro atoms. The van der Waals surface area contributed by atoms with Gasteiger partial charge in [-0.25, -0.2) is 0 Å². The monoisotopic (exact) mass is 324 g/mol. The zero-order valence-corrected chi connectivity index (χ0v) is 14.9. The molecular weight excluding hydrogens is 300 g/mol. The van der Waals surface area contributed by atoms with E-state index in [1.165, 1.54) is 0 Å². The molecule has 0 unspecified atom stereocenters. The molecule has 0 saturated carbocycles. The molecule has 4 nitrogen and oxygen atoms in total. The minimum Gasteiger partial charge on any atom is -0.343 e. The van der Waals surface area contributed by atoms with Crippen LogP contribution < -0.4 is 10.6 Å². The average Bonchev–Trinajstić information content (AvgIpc) is 2.30. The Kier molecular flexibility index (Phi) is 5.63. The van der Waals surface area contributed by atoms with Gasteiger partial charge in [0, 0.05) is 16.2 Å². The maximum absolute atomic E-state index is 12.0. The number of hydrogen-bond acceptors (Lipinski definition) is 2. The number of amides is 2. The lowest BCUT2D eigenvalue weighted by Crippen LogP contribution is -2.49. The summed E-state index contributed by atoms with van der Waals surface area (Å²) in [6.45, 7) is 12.0. The molecule has 0 saturated heterocycles. The molecule has 1 aromatic carbocycles. The van der Waals surface area contributed by atoms with E-state index in [1.807, 2.05) is 20.8 Å². The highest BCUT2D eigenvalue weighted by Crippen LogP contribution is 2.26. The quantitative estimate of drug-likeness (QED) is 0.828. The number of carbonyl (C=O) groups is 2. The molecule has 2 amide bonds. The van der Waals surface area contributed by atoms with Crippen molar-refractivity contribution in [1.82, 2.24) is 5.32 Å². The number of hydrogen-bond donors (Lipinski definition) is 2. The highest BCUT2D eigenvalue weighted by atomic mass is 35.5. The van der Waals surface area contributed by atoms with E-state index >= 15 is 0 Å². The van der Waals surface area contributed by atoms with Crippen LogP contribution in [-0.2, 0) is 9.59 Å². The molecule has 122 valence electrons. The Morgan fingerprint density at radius 3 is 2.18 bits per heavy atom. The fraction of sp³-hybridized carbons (Fsp3) is 0.529. The molecule has 0 bridgehead atoms. The van der Waals surface area contributed by atoms with E-state index in [4.69, 9.17) is 11.6 Å². The summed E-state index contributed by atoms with van der Waals surface area (Å²) in [7, 11) is 0. The zero-order chi connectivity index (χ0) is 17.1. The van der Waals surface area contributed by atoms with Crippen LogP contribution in [0.25, 0.3) is 0 Å². The Labute approximate surface area is 137 Å². The molecule has 0 atom stereocenters. The Morgan fingerprint density at radius 1 is 1.09 bits per heavy atom. The minimum atomic E-state index is -0.693. The van der Waals surface area contributed by atoms with E-state index in [9.17, 15) is 9.59 Å². The summed E-state index contributed by atoms with van der Waals surface area (Å²) in [6, 6.07) is 5.13. The van der Waals surface area contributed by atoms with Crippen LogP contribution in [0, 0.1) is 12.3 Å². The van der Waals surface area contributed by atoms with Crippen LogP contribution in [0.5, 0.6) is 0 Å². The zero-order valence-electron chi connectivity index (χ0n) is 14.1. The van der Waals surface area contributed by atoms with E-state index in [-0.39, 0.29) is 5.41 Å². The average molecular weight is 325 g/mol. The van der Waals surface area contributed by atoms with E-state index in [1.54, 1.807) is 18.2 Å². The second-order valence-corrected chi connectivity index (χ2v) is 7.90. The SMILES string of the molecule is Cc1ccc(NC(=O)C(=O)NC(C)(C)CC(C)(C)C)cc1Cl. The molecule has 0 aliphatic heterocycles. The van der Waals surface area contributed by atoms with Gasteiger partial charge in [-0.1, -0.05) is 38.4 Å². The number of carbonyl (C=O) groups excluding carboxylic acids is 2. The first-order chi connectivity index (χ1) is 9.89. The summed E-state index contributed by atoms with van der Waals surface area (Å²) < 4.78 is 0. The largest absolute Gasteiger partial charge is 0.343 e. The van der Waals surface area contributed by atoms with Gasteiger partial charge in [-0.3, -0.25) is 9.59 Å². The first kappa shape index (κ1) is 18.5. The van der Waals surface area contributed by atoms with Gasteiger partial charge in [0.15, 0.2) is 0 Å². The van der Waals surface area contributed by atoms with Crippen molar-refractivity contribution in [1.29, 1.82) is 0 Å². The maximum atomic E-state index is 12.0. The summed E-state index contributed by atoms with van der Waals surface area (Å²) in [4.78, 5) is 24.0. The van der Waals surface area contributed by atoms with Crippen molar-refractivity contribution in [3.63, 3.8) is 0 Å². The fourth-order valence-electron chi connectivity index (χ4n) is 2.59. The predicted molar refractivity (Wildman–Crippen MR) is 91.1 cm³/mol. The van der Waals surface area contributed by atoms with E-state index < -0.39 is 17.4 Å². The molecule has 0 aliphatic carbocycles. The van der Waals surface area contributed by atoms with Gasteiger partial charge in [-0.2, -0.15) is 0 Å². The molecule has 1 aromatic rings. The molecule has 1 rings (SSSR count). The maximum Gasteiger partial charge on any atom is 0.313 e. The van der Waals surface area contributed by atoms with Crippen LogP contribution in [-0.4, -0.2) is 17.4 Å². The third-order valence-electron chi connectivity index (χ3n) is 3.06. The van der Waals surface area contributed by atoms with Crippen LogP contribution in [0.3, 0.4) is 0 Å². The van der Waals surface area contributed by atoms with Crippen LogP contribution in [0.1, 0.15) is 46.6 Å². The molecule has 5 heteroatoms. The molecule has 0 aliphatic rings. The molecule has 2 N–H and O–H groups in total. The number of aryl methyl sites for hydroxylation is 1. The fourth-order valence-corrected chi connectivity index (χ4v) is 2.77. The second kappa shape index (κ2) is 6.69. The van der Waals surface area contributed by atoms with Crippen molar-refractivity contribution in [3.05, 3.63) is 28.8 Å². The van der Waals surface area contributed by atoms with Crippen molar-refractivity contribution in [2.45, 2.75) is 53.5 Å². The second-order valence-electron chi connectivity index (χ2n) is 7.49. The number of nitrogens with one attached hydrogen (secondary N) is 2. The van der Waals surface area contributed by atoms with Crippen molar-refractivity contribution < 1.29 is 9.59 Å². The normalized spacial score (nSPS) is 12.0. The van der Waals surface area contributed by atoms with Gasteiger partial charge in [-0.15, -0.1) is 0 Å². The first-order valence-electron chi connectivity index (χ1n) is 7.29. The molecule has 0 heterocycles. The van der Waals surface area contributed by atoms with Gasteiger partial charge in [0.25, 0.3) is 0 Å². The molecular formula is C17H25ClN2O2. The van der Waals surface area contributed by atoms with Gasteiger partial charge >= 0.3 is 11.8 Å². The van der Waals surface area contributed by atoms with Crippen molar-refractivity contribution >= 4 is 29.1 Å². The van der Waals surface area contributed by atoms with Crippen LogP contribution in [0.4, 0.5) is 5.69 Å². The van der Waals surface area contributed by atoms with E-state index in [0.717, 1.165) is 12.0 Å². The number of anilines is 1. The number of benzene rings is 1. The van der Waals surface area contributed by atoms with Gasteiger partial charge in [-0.05, 0) is 50.3 Å². The smallest absolute Gasteiger partial charge is 0.313 e. The van der Waals surface area contributed by atoms with Crippen LogP contribution in [0.2, 0.25) is 5.02 Å². The summed E-state index contributed by atoms with van der Waals surface area (Å²) in [5, 5.41) is 5.88. The Hall–Kier alpha value is -1.55. The van der Waals surface area contributed by atoms with E-state index in [0.29, 0.717) is 10.7 Å². The lowest BCUT2D eigenvalue weighted by atomic mass is 9.82. The summed E-state index contributed by atoms with van der Waals surface area (Å²) in [5.41, 5.74) is 1.01. The first-order valence-corrected chi connectivity index (χ1v) is 7.67. The molecule has 0 fully saturated rings. The van der Waals surface area contributed by atoms with E-state index in [2.05, 4.69) is 31.4 Å². The Bertz CT molecular complexity index is 575. The summed E-state index contributed by atoms with van der Waals surface area (Å²) >= 11 is 6.00. The topological polar surface area (TPSA) is 58.2 Å². The molecule has 22 heavy (non-hydrogen) atoms. The highest BCUT2D eigenvalue weighted by molar-refractivity contribution is 6.40. The van der Waals surface area contributed by atoms with Crippen molar-refractivity contribution in [3.8, 4) is 0 Å². The van der Waals surface area contributed by atoms with Crippen molar-refractivity contribution in [2.75, 3.05) is 5.32 Å². The number of halogens is 1. The third kappa shape index (κ3) is 6.06. The predicted octanol–water partition coefficient (Wildman–Crippen LogP) is 3.92. The minimum absolute atomic E-state index is 0.0533. The Morgan fingerprint density at radius 2 is 1.68 bits per heavy atom. The standard InChI is InChI=1S/C17H25ClN2O2/c1-11-7-8-12(9-13(11)18)19-14(21)15(22)20-17(5,6)10-16(2,3)4/h7-9H,10H2,1-6H3,(H,19,21)(H,20,22). The Balaban J connectivity index is 2.69. The van der Waals surface area contributed by atoms with Gasteiger partial charge < -0.3 is 10.6 Å². The third-order valence-corrected chi connectivity index (χ3v) is 3.47. The van der Waals surface area contributed by atoms with Gasteiger partial charge in [0.05, 0.1) is 0 Å². The summed E-state index contributed by atoms with van der Waals surface area (Å²) in [5.74, 6) is -1.34. The summed E-state index contributed by atoms with van der Waals surface area (Å²) in [6.07, 6.45) is 0.759. The lowest BCUT2D eigenvalue weighted by molar-refractivity contribution is -0.137. The molecule has 0 radical (unpaired) electrons. The van der Waals surface area contributed by atoms with Gasteiger partial charge in [0.1, 0.15) is 0 Å². The lowest BCUT2D eigenvalue weighted by Gasteiger charge is -2.33. The van der Waals surface area contributed by atoms with Crippen LogP contribution in [0.15, 0.2) is 18.2 Å². The highest BCUT2D eigenvalue weighted by Gasteiger charge is 2.29. The van der Waals surface area contributed by atoms with Crippen LogP contribution >= 0.6 is 11.6 Å².